The highest BCUT2D eigenvalue weighted by Crippen LogP contribution is 2.17. The Labute approximate surface area is 112 Å². The number of fused-ring (bicyclic) bond motifs is 1. The Kier molecular flexibility index (Phi) is 3.42. The first-order valence-electron chi connectivity index (χ1n) is 6.66. The molecular weight excluding hydrogens is 238 g/mol. The lowest BCUT2D eigenvalue weighted by Gasteiger charge is -2.27. The van der Waals surface area contributed by atoms with Crippen LogP contribution < -0.4 is 5.32 Å². The molecule has 1 aliphatic rings. The normalized spacial score (nSPS) is 15.7. The smallest absolute Gasteiger partial charge is 0.227 e. The van der Waals surface area contributed by atoms with Crippen LogP contribution in [0.25, 0.3) is 10.9 Å². The Hall–Kier alpha value is -1.94. The zero-order valence-corrected chi connectivity index (χ0v) is 10.8. The number of para-hydroxylation sites is 1. The highest BCUT2D eigenvalue weighted by molar-refractivity contribution is 5.87. The van der Waals surface area contributed by atoms with Crippen LogP contribution in [0.5, 0.6) is 0 Å². The van der Waals surface area contributed by atoms with Gasteiger partial charge in [0.25, 0.3) is 0 Å². The van der Waals surface area contributed by atoms with E-state index in [1.165, 1.54) is 0 Å². The summed E-state index contributed by atoms with van der Waals surface area (Å²) in [6.45, 7) is 3.38. The van der Waals surface area contributed by atoms with Gasteiger partial charge in [0.1, 0.15) is 0 Å². The zero-order chi connectivity index (χ0) is 13.1. The Balaban J connectivity index is 1.82. The van der Waals surface area contributed by atoms with Crippen LogP contribution >= 0.6 is 0 Å². The van der Waals surface area contributed by atoms with E-state index in [9.17, 15) is 4.79 Å². The Morgan fingerprint density at radius 1 is 1.21 bits per heavy atom. The van der Waals surface area contributed by atoms with Gasteiger partial charge in [-0.2, -0.15) is 0 Å². The van der Waals surface area contributed by atoms with E-state index in [0.717, 1.165) is 42.6 Å². The molecule has 1 N–H and O–H groups in total. The topological polar surface area (TPSA) is 45.2 Å². The molecule has 1 amide bonds. The second-order valence-electron chi connectivity index (χ2n) is 4.80. The summed E-state index contributed by atoms with van der Waals surface area (Å²) in [5.74, 6) is 0.194. The maximum atomic E-state index is 12.3. The summed E-state index contributed by atoms with van der Waals surface area (Å²) in [5, 5.41) is 4.35. The number of piperazine rings is 1. The van der Waals surface area contributed by atoms with E-state index in [0.29, 0.717) is 6.42 Å². The lowest BCUT2D eigenvalue weighted by Crippen LogP contribution is -2.46. The fraction of sp³-hybridized carbons (Fsp3) is 0.333. The number of nitrogens with one attached hydrogen (secondary N) is 1. The van der Waals surface area contributed by atoms with Gasteiger partial charge in [-0.1, -0.05) is 24.3 Å². The van der Waals surface area contributed by atoms with Gasteiger partial charge in [0.15, 0.2) is 0 Å². The van der Waals surface area contributed by atoms with Crippen molar-refractivity contribution in [2.45, 2.75) is 6.42 Å². The zero-order valence-electron chi connectivity index (χ0n) is 10.8. The minimum atomic E-state index is 0.194. The molecule has 1 aromatic carbocycles. The van der Waals surface area contributed by atoms with Crippen molar-refractivity contribution in [1.82, 2.24) is 15.2 Å². The molecule has 98 valence electrons. The minimum absolute atomic E-state index is 0.194. The number of carbonyl (C=O) groups is 1. The van der Waals surface area contributed by atoms with Crippen molar-refractivity contribution in [2.75, 3.05) is 26.2 Å². The number of amides is 1. The number of hydrogen-bond donors (Lipinski definition) is 1. The van der Waals surface area contributed by atoms with Gasteiger partial charge in [0.05, 0.1) is 11.9 Å². The molecule has 0 atom stereocenters. The van der Waals surface area contributed by atoms with Crippen LogP contribution in [0.3, 0.4) is 0 Å². The van der Waals surface area contributed by atoms with E-state index in [4.69, 9.17) is 0 Å². The molecule has 1 saturated heterocycles. The van der Waals surface area contributed by atoms with E-state index in [1.807, 2.05) is 35.2 Å². The third kappa shape index (κ3) is 2.58. The number of pyridine rings is 1. The SMILES string of the molecule is O=C(Cc1cccc2cccnc12)N1CCNCC1. The molecule has 0 saturated carbocycles. The molecule has 0 unspecified atom stereocenters. The number of rotatable bonds is 2. The van der Waals surface area contributed by atoms with E-state index in [1.54, 1.807) is 6.20 Å². The maximum Gasteiger partial charge on any atom is 0.227 e. The van der Waals surface area contributed by atoms with Gasteiger partial charge in [0.2, 0.25) is 5.91 Å². The van der Waals surface area contributed by atoms with Crippen LogP contribution in [0.15, 0.2) is 36.5 Å². The van der Waals surface area contributed by atoms with Crippen molar-refractivity contribution in [3.8, 4) is 0 Å². The summed E-state index contributed by atoms with van der Waals surface area (Å²) in [7, 11) is 0. The molecular formula is C15H17N3O. The number of carbonyl (C=O) groups excluding carboxylic acids is 1. The molecule has 2 aromatic rings. The first-order valence-corrected chi connectivity index (χ1v) is 6.66. The predicted octanol–water partition coefficient (Wildman–Crippen LogP) is 1.21. The lowest BCUT2D eigenvalue weighted by atomic mass is 10.1. The number of benzene rings is 1. The second kappa shape index (κ2) is 5.36. The third-order valence-corrected chi connectivity index (χ3v) is 3.53. The number of aromatic nitrogens is 1. The molecule has 1 aromatic heterocycles. The third-order valence-electron chi connectivity index (χ3n) is 3.53. The summed E-state index contributed by atoms with van der Waals surface area (Å²) in [6, 6.07) is 9.96. The fourth-order valence-electron chi connectivity index (χ4n) is 2.50. The largest absolute Gasteiger partial charge is 0.340 e. The number of nitrogens with zero attached hydrogens (tertiary/aromatic N) is 2. The first kappa shape index (κ1) is 12.1. The molecule has 0 radical (unpaired) electrons. The molecule has 0 bridgehead atoms. The highest BCUT2D eigenvalue weighted by atomic mass is 16.2. The van der Waals surface area contributed by atoms with Crippen LogP contribution in [0.2, 0.25) is 0 Å². The average Bonchev–Trinajstić information content (AvgIpc) is 2.48. The van der Waals surface area contributed by atoms with Gasteiger partial charge in [-0.25, -0.2) is 0 Å². The summed E-state index contributed by atoms with van der Waals surface area (Å²) in [5.41, 5.74) is 1.95. The second-order valence-corrected chi connectivity index (χ2v) is 4.80. The molecule has 3 rings (SSSR count). The predicted molar refractivity (Wildman–Crippen MR) is 74.9 cm³/mol. The molecule has 2 heterocycles. The average molecular weight is 255 g/mol. The van der Waals surface area contributed by atoms with Gasteiger partial charge < -0.3 is 10.2 Å². The molecule has 19 heavy (non-hydrogen) atoms. The molecule has 1 aliphatic heterocycles. The van der Waals surface area contributed by atoms with Crippen LogP contribution in [-0.2, 0) is 11.2 Å². The van der Waals surface area contributed by atoms with Crippen LogP contribution in [0.4, 0.5) is 0 Å². The van der Waals surface area contributed by atoms with Crippen LogP contribution in [0.1, 0.15) is 5.56 Å². The lowest BCUT2D eigenvalue weighted by molar-refractivity contribution is -0.131. The monoisotopic (exact) mass is 255 g/mol. The van der Waals surface area contributed by atoms with E-state index < -0.39 is 0 Å². The molecule has 0 aliphatic carbocycles. The molecule has 0 spiro atoms. The molecule has 4 nitrogen and oxygen atoms in total. The summed E-state index contributed by atoms with van der Waals surface area (Å²) in [4.78, 5) is 18.6. The van der Waals surface area contributed by atoms with Gasteiger partial charge in [-0.15, -0.1) is 0 Å². The van der Waals surface area contributed by atoms with E-state index >= 15 is 0 Å². The number of hydrogen-bond acceptors (Lipinski definition) is 3. The van der Waals surface area contributed by atoms with Crippen molar-refractivity contribution < 1.29 is 4.79 Å². The Bertz CT molecular complexity index is 585. The summed E-state index contributed by atoms with van der Waals surface area (Å²) in [6.07, 6.45) is 2.22. The van der Waals surface area contributed by atoms with Gasteiger partial charge in [0, 0.05) is 37.8 Å². The van der Waals surface area contributed by atoms with Gasteiger partial charge >= 0.3 is 0 Å². The van der Waals surface area contributed by atoms with Crippen molar-refractivity contribution in [2.24, 2.45) is 0 Å². The first-order chi connectivity index (χ1) is 9.34. The fourth-order valence-corrected chi connectivity index (χ4v) is 2.50. The van der Waals surface area contributed by atoms with Gasteiger partial charge in [-0.3, -0.25) is 9.78 Å². The van der Waals surface area contributed by atoms with E-state index in [2.05, 4.69) is 10.3 Å². The summed E-state index contributed by atoms with van der Waals surface area (Å²) >= 11 is 0. The Morgan fingerprint density at radius 3 is 2.84 bits per heavy atom. The quantitative estimate of drug-likeness (QED) is 0.877. The standard InChI is InChI=1S/C15H17N3O/c19-14(18-9-7-16-8-10-18)11-13-4-1-3-12-5-2-6-17-15(12)13/h1-6,16H,7-11H2. The van der Waals surface area contributed by atoms with Crippen molar-refractivity contribution in [3.63, 3.8) is 0 Å². The highest BCUT2D eigenvalue weighted by Gasteiger charge is 2.17. The van der Waals surface area contributed by atoms with Crippen molar-refractivity contribution >= 4 is 16.8 Å². The molecule has 1 fully saturated rings. The van der Waals surface area contributed by atoms with Crippen molar-refractivity contribution in [3.05, 3.63) is 42.1 Å². The Morgan fingerprint density at radius 2 is 2.00 bits per heavy atom. The van der Waals surface area contributed by atoms with Crippen LogP contribution in [-0.4, -0.2) is 42.0 Å². The van der Waals surface area contributed by atoms with Gasteiger partial charge in [-0.05, 0) is 11.6 Å². The molecule has 4 heteroatoms. The minimum Gasteiger partial charge on any atom is -0.340 e. The maximum absolute atomic E-state index is 12.3. The van der Waals surface area contributed by atoms with Crippen LogP contribution in [0, 0.1) is 0 Å². The van der Waals surface area contributed by atoms with Crippen molar-refractivity contribution in [1.29, 1.82) is 0 Å². The summed E-state index contributed by atoms with van der Waals surface area (Å²) < 4.78 is 0. The van der Waals surface area contributed by atoms with E-state index in [-0.39, 0.29) is 5.91 Å².